The highest BCUT2D eigenvalue weighted by molar-refractivity contribution is 5.99. The number of rotatable bonds is 5. The van der Waals surface area contributed by atoms with Gasteiger partial charge in [0.1, 0.15) is 13.2 Å². The third-order valence-corrected chi connectivity index (χ3v) is 4.93. The molecule has 140 valence electrons. The minimum absolute atomic E-state index is 0.0753. The lowest BCUT2D eigenvalue weighted by molar-refractivity contribution is -0.125. The van der Waals surface area contributed by atoms with Gasteiger partial charge in [0.25, 0.3) is 0 Å². The van der Waals surface area contributed by atoms with Crippen molar-refractivity contribution in [2.45, 2.75) is 19.4 Å². The fraction of sp³-hybridized carbons (Fsp3) is 0.333. The van der Waals surface area contributed by atoms with Crippen LogP contribution in [0.3, 0.4) is 0 Å². The molecule has 6 nitrogen and oxygen atoms in total. The number of anilines is 1. The zero-order chi connectivity index (χ0) is 18.8. The molecule has 1 fully saturated rings. The summed E-state index contributed by atoms with van der Waals surface area (Å²) in [5, 5.41) is 5.86. The van der Waals surface area contributed by atoms with E-state index in [0.29, 0.717) is 36.8 Å². The van der Waals surface area contributed by atoms with E-state index in [2.05, 4.69) is 10.6 Å². The van der Waals surface area contributed by atoms with Crippen LogP contribution in [0.4, 0.5) is 5.69 Å². The Kier molecular flexibility index (Phi) is 4.71. The van der Waals surface area contributed by atoms with Crippen molar-refractivity contribution in [3.8, 4) is 11.5 Å². The Bertz CT molecular complexity index is 853. The van der Waals surface area contributed by atoms with Crippen LogP contribution in [-0.2, 0) is 9.59 Å². The molecule has 0 radical (unpaired) electrons. The number of carbonyl (C=O) groups is 2. The van der Waals surface area contributed by atoms with Crippen LogP contribution in [0, 0.1) is 11.8 Å². The van der Waals surface area contributed by atoms with Crippen molar-refractivity contribution >= 4 is 17.5 Å². The average Bonchev–Trinajstić information content (AvgIpc) is 3.50. The molecule has 0 bridgehead atoms. The summed E-state index contributed by atoms with van der Waals surface area (Å²) in [5.41, 5.74) is 1.69. The fourth-order valence-electron chi connectivity index (χ4n) is 3.28. The van der Waals surface area contributed by atoms with Gasteiger partial charge in [0.15, 0.2) is 11.5 Å². The van der Waals surface area contributed by atoms with Crippen molar-refractivity contribution in [2.24, 2.45) is 11.8 Å². The minimum Gasteiger partial charge on any atom is -0.486 e. The molecule has 0 aromatic heterocycles. The van der Waals surface area contributed by atoms with E-state index in [1.807, 2.05) is 37.3 Å². The fourth-order valence-corrected chi connectivity index (χ4v) is 3.28. The first-order valence-corrected chi connectivity index (χ1v) is 9.17. The number of hydrogen-bond acceptors (Lipinski definition) is 4. The number of nitrogens with one attached hydrogen (secondary N) is 2. The van der Waals surface area contributed by atoms with Gasteiger partial charge >= 0.3 is 0 Å². The van der Waals surface area contributed by atoms with Crippen LogP contribution in [0.2, 0.25) is 0 Å². The molecule has 2 N–H and O–H groups in total. The van der Waals surface area contributed by atoms with Crippen LogP contribution >= 0.6 is 0 Å². The van der Waals surface area contributed by atoms with Crippen LogP contribution in [0.25, 0.3) is 0 Å². The van der Waals surface area contributed by atoms with Gasteiger partial charge in [0.2, 0.25) is 11.8 Å². The molecule has 3 atom stereocenters. The normalized spacial score (nSPS) is 21.1. The van der Waals surface area contributed by atoms with Crippen molar-refractivity contribution in [1.29, 1.82) is 0 Å². The number of benzene rings is 2. The van der Waals surface area contributed by atoms with Crippen molar-refractivity contribution in [3.63, 3.8) is 0 Å². The lowest BCUT2D eigenvalue weighted by Crippen LogP contribution is -2.29. The van der Waals surface area contributed by atoms with Crippen molar-refractivity contribution < 1.29 is 19.1 Å². The topological polar surface area (TPSA) is 76.7 Å². The smallest absolute Gasteiger partial charge is 0.228 e. The standard InChI is InChI=1S/C21H22N2O4/c1-13(14-5-3-2-4-6-14)22-20(24)16-12-17(16)21(25)23-15-7-8-18-19(11-15)27-10-9-26-18/h2-8,11,13,16-17H,9-10,12H2,1H3,(H,22,24)(H,23,25). The predicted molar refractivity (Wildman–Crippen MR) is 101 cm³/mol. The van der Waals surface area contributed by atoms with Crippen molar-refractivity contribution in [3.05, 3.63) is 54.1 Å². The Balaban J connectivity index is 1.31. The molecule has 3 unspecified atom stereocenters. The van der Waals surface area contributed by atoms with Crippen LogP contribution in [-0.4, -0.2) is 25.0 Å². The number of hydrogen-bond donors (Lipinski definition) is 2. The molecule has 1 heterocycles. The van der Waals surface area contributed by atoms with Gasteiger partial charge in [-0.25, -0.2) is 0 Å². The third-order valence-electron chi connectivity index (χ3n) is 4.93. The molecule has 2 aliphatic rings. The molecule has 0 spiro atoms. The van der Waals surface area contributed by atoms with Crippen LogP contribution in [0.5, 0.6) is 11.5 Å². The van der Waals surface area contributed by atoms with Crippen LogP contribution in [0.15, 0.2) is 48.5 Å². The van der Waals surface area contributed by atoms with Gasteiger partial charge < -0.3 is 20.1 Å². The minimum atomic E-state index is -0.291. The second-order valence-corrected chi connectivity index (χ2v) is 6.94. The summed E-state index contributed by atoms with van der Waals surface area (Å²) < 4.78 is 11.0. The molecule has 2 aromatic rings. The summed E-state index contributed by atoms with van der Waals surface area (Å²) in [6.45, 7) is 2.97. The lowest BCUT2D eigenvalue weighted by Gasteiger charge is -2.19. The first kappa shape index (κ1) is 17.4. The summed E-state index contributed by atoms with van der Waals surface area (Å²) in [6, 6.07) is 15.0. The summed E-state index contributed by atoms with van der Waals surface area (Å²) in [7, 11) is 0. The predicted octanol–water partition coefficient (Wildman–Crippen LogP) is 2.91. The van der Waals surface area contributed by atoms with Gasteiger partial charge in [-0.3, -0.25) is 9.59 Å². The van der Waals surface area contributed by atoms with E-state index >= 15 is 0 Å². The first-order chi connectivity index (χ1) is 13.1. The molecule has 1 aliphatic carbocycles. The molecule has 1 aliphatic heterocycles. The SMILES string of the molecule is CC(NC(=O)C1CC1C(=O)Nc1ccc2c(c1)OCCO2)c1ccccc1. The lowest BCUT2D eigenvalue weighted by atomic mass is 10.1. The molecule has 1 saturated carbocycles. The monoisotopic (exact) mass is 366 g/mol. The second-order valence-electron chi connectivity index (χ2n) is 6.94. The zero-order valence-electron chi connectivity index (χ0n) is 15.1. The largest absolute Gasteiger partial charge is 0.486 e. The molecule has 4 rings (SSSR count). The number of amides is 2. The van der Waals surface area contributed by atoms with Crippen LogP contribution in [0.1, 0.15) is 24.9 Å². The Morgan fingerprint density at radius 2 is 1.67 bits per heavy atom. The Morgan fingerprint density at radius 3 is 2.44 bits per heavy atom. The molecule has 27 heavy (non-hydrogen) atoms. The maximum absolute atomic E-state index is 12.5. The highest BCUT2D eigenvalue weighted by Gasteiger charge is 2.48. The highest BCUT2D eigenvalue weighted by Crippen LogP contribution is 2.40. The molecule has 6 heteroatoms. The quantitative estimate of drug-likeness (QED) is 0.853. The molecule has 2 aromatic carbocycles. The van der Waals surface area contributed by atoms with Gasteiger partial charge in [0.05, 0.1) is 17.9 Å². The van der Waals surface area contributed by atoms with Crippen LogP contribution < -0.4 is 20.1 Å². The molecule has 2 amide bonds. The van der Waals surface area contributed by atoms with Gasteiger partial charge in [0, 0.05) is 11.8 Å². The van der Waals surface area contributed by atoms with Gasteiger partial charge in [-0.2, -0.15) is 0 Å². The highest BCUT2D eigenvalue weighted by atomic mass is 16.6. The number of carbonyl (C=O) groups excluding carboxylic acids is 2. The van der Waals surface area contributed by atoms with Crippen molar-refractivity contribution in [2.75, 3.05) is 18.5 Å². The van der Waals surface area contributed by atoms with E-state index in [-0.39, 0.29) is 29.7 Å². The van der Waals surface area contributed by atoms with E-state index in [1.54, 1.807) is 18.2 Å². The van der Waals surface area contributed by atoms with Gasteiger partial charge in [-0.1, -0.05) is 30.3 Å². The molecular formula is C21H22N2O4. The Hall–Kier alpha value is -3.02. The molecule has 0 saturated heterocycles. The average molecular weight is 366 g/mol. The van der Waals surface area contributed by atoms with E-state index in [9.17, 15) is 9.59 Å². The first-order valence-electron chi connectivity index (χ1n) is 9.17. The summed E-state index contributed by atoms with van der Waals surface area (Å²) in [4.78, 5) is 24.9. The van der Waals surface area contributed by atoms with Gasteiger partial charge in [-0.05, 0) is 31.0 Å². The summed E-state index contributed by atoms with van der Waals surface area (Å²) in [6.07, 6.45) is 0.573. The zero-order valence-corrected chi connectivity index (χ0v) is 15.1. The van der Waals surface area contributed by atoms with Crippen molar-refractivity contribution in [1.82, 2.24) is 5.32 Å². The van der Waals surface area contributed by atoms with Gasteiger partial charge in [-0.15, -0.1) is 0 Å². The summed E-state index contributed by atoms with van der Waals surface area (Å²) >= 11 is 0. The maximum atomic E-state index is 12.5. The van der Waals surface area contributed by atoms with E-state index in [4.69, 9.17) is 9.47 Å². The maximum Gasteiger partial charge on any atom is 0.228 e. The summed E-state index contributed by atoms with van der Waals surface area (Å²) in [5.74, 6) is 0.529. The van der Waals surface area contributed by atoms with E-state index in [1.165, 1.54) is 0 Å². The number of ether oxygens (including phenoxy) is 2. The Morgan fingerprint density at radius 1 is 0.963 bits per heavy atom. The van der Waals surface area contributed by atoms with E-state index in [0.717, 1.165) is 5.56 Å². The third kappa shape index (κ3) is 3.89. The van der Waals surface area contributed by atoms with E-state index < -0.39 is 0 Å². The Labute approximate surface area is 157 Å². The number of fused-ring (bicyclic) bond motifs is 1. The second kappa shape index (κ2) is 7.31. The molecular weight excluding hydrogens is 344 g/mol.